The number of rotatable bonds is 8. The molecule has 1 rings (SSSR count). The van der Waals surface area contributed by atoms with Crippen LogP contribution in [0.3, 0.4) is 0 Å². The molecule has 0 aromatic carbocycles. The molecule has 120 valence electrons. The van der Waals surface area contributed by atoms with Crippen LogP contribution in [0, 0.1) is 6.92 Å². The number of thiophene rings is 1. The molecule has 6 nitrogen and oxygen atoms in total. The number of unbranched alkanes of at least 4 members (excludes halogenated alkanes) is 1. The third kappa shape index (κ3) is 5.74. The first-order valence-electron chi connectivity index (χ1n) is 6.74. The van der Waals surface area contributed by atoms with E-state index in [1.165, 1.54) is 5.38 Å². The molecule has 1 aromatic heterocycles. The lowest BCUT2D eigenvalue weighted by molar-refractivity contribution is 0.0754. The van der Waals surface area contributed by atoms with Crippen molar-refractivity contribution in [1.82, 2.24) is 5.32 Å². The van der Waals surface area contributed by atoms with Crippen molar-refractivity contribution in [3.63, 3.8) is 0 Å². The van der Waals surface area contributed by atoms with Gasteiger partial charge in [-0.25, -0.2) is 13.6 Å². The number of ether oxygens (including phenoxy) is 1. The first-order valence-corrected chi connectivity index (χ1v) is 9.16. The van der Waals surface area contributed by atoms with Crippen LogP contribution in [0.5, 0.6) is 0 Å². The van der Waals surface area contributed by atoms with Gasteiger partial charge >= 0.3 is 0 Å². The molecule has 1 amide bonds. The minimum absolute atomic E-state index is 0.0398. The smallest absolute Gasteiger partial charge is 0.252 e. The van der Waals surface area contributed by atoms with Gasteiger partial charge < -0.3 is 10.1 Å². The summed E-state index contributed by atoms with van der Waals surface area (Å²) in [5.41, 5.74) is 0.769. The molecule has 0 atom stereocenters. The summed E-state index contributed by atoms with van der Waals surface area (Å²) in [7, 11) is -3.76. The van der Waals surface area contributed by atoms with Gasteiger partial charge in [0.2, 0.25) is 10.0 Å². The first-order chi connectivity index (χ1) is 9.73. The van der Waals surface area contributed by atoms with Crippen LogP contribution in [-0.4, -0.2) is 33.6 Å². The monoisotopic (exact) mass is 334 g/mol. The molecule has 0 aliphatic rings. The summed E-state index contributed by atoms with van der Waals surface area (Å²) in [4.78, 5) is 12.0. The number of nitrogens with one attached hydrogen (secondary N) is 1. The molecule has 0 unspecified atom stereocenters. The fraction of sp³-hybridized carbons (Fsp3) is 0.615. The molecule has 1 aromatic rings. The van der Waals surface area contributed by atoms with Crippen LogP contribution >= 0.6 is 11.3 Å². The lowest BCUT2D eigenvalue weighted by Crippen LogP contribution is -2.25. The Morgan fingerprint density at radius 3 is 2.62 bits per heavy atom. The second-order valence-corrected chi connectivity index (χ2v) is 7.63. The van der Waals surface area contributed by atoms with Crippen molar-refractivity contribution >= 4 is 27.3 Å². The van der Waals surface area contributed by atoms with Gasteiger partial charge in [-0.2, -0.15) is 0 Å². The van der Waals surface area contributed by atoms with E-state index in [9.17, 15) is 13.2 Å². The quantitative estimate of drug-likeness (QED) is 0.706. The van der Waals surface area contributed by atoms with E-state index in [-0.39, 0.29) is 16.2 Å². The molecule has 1 heterocycles. The van der Waals surface area contributed by atoms with Gasteiger partial charge in [0, 0.05) is 18.5 Å². The highest BCUT2D eigenvalue weighted by atomic mass is 32.2. The van der Waals surface area contributed by atoms with Crippen molar-refractivity contribution in [2.45, 2.75) is 43.9 Å². The molecule has 0 aliphatic carbocycles. The highest BCUT2D eigenvalue weighted by molar-refractivity contribution is 7.91. The predicted molar refractivity (Wildman–Crippen MR) is 83.1 cm³/mol. The second kappa shape index (κ2) is 7.88. The minimum Gasteiger partial charge on any atom is -0.379 e. The molecule has 0 saturated heterocycles. The number of sulfonamides is 1. The number of hydrogen-bond acceptors (Lipinski definition) is 5. The Balaban J connectivity index is 2.45. The zero-order valence-corrected chi connectivity index (χ0v) is 14.1. The van der Waals surface area contributed by atoms with Crippen LogP contribution in [0.1, 0.15) is 42.6 Å². The summed E-state index contributed by atoms with van der Waals surface area (Å²) < 4.78 is 28.1. The fourth-order valence-corrected chi connectivity index (χ4v) is 3.76. The SMILES string of the molecule is Cc1c(C(=O)NCCCCOC(C)C)csc1S(N)(=O)=O. The maximum absolute atomic E-state index is 12.0. The molecule has 0 fully saturated rings. The van der Waals surface area contributed by atoms with Gasteiger partial charge in [-0.05, 0) is 39.2 Å². The number of hydrogen-bond donors (Lipinski definition) is 2. The Kier molecular flexibility index (Phi) is 6.79. The molecule has 0 aliphatic heterocycles. The molecule has 8 heteroatoms. The van der Waals surface area contributed by atoms with Crippen LogP contribution in [0.4, 0.5) is 0 Å². The molecule has 0 spiro atoms. The highest BCUT2D eigenvalue weighted by Crippen LogP contribution is 2.25. The van der Waals surface area contributed by atoms with Gasteiger partial charge in [0.25, 0.3) is 5.91 Å². The van der Waals surface area contributed by atoms with E-state index in [0.717, 1.165) is 24.2 Å². The van der Waals surface area contributed by atoms with Crippen molar-refractivity contribution < 1.29 is 17.9 Å². The summed E-state index contributed by atoms with van der Waals surface area (Å²) in [5, 5.41) is 9.38. The third-order valence-electron chi connectivity index (χ3n) is 2.80. The lowest BCUT2D eigenvalue weighted by Gasteiger charge is -2.08. The topological polar surface area (TPSA) is 98.5 Å². The maximum atomic E-state index is 12.0. The average molecular weight is 334 g/mol. The molecule has 21 heavy (non-hydrogen) atoms. The zero-order valence-electron chi connectivity index (χ0n) is 12.5. The summed E-state index contributed by atoms with van der Waals surface area (Å²) in [6, 6.07) is 0. The van der Waals surface area contributed by atoms with Crippen molar-refractivity contribution in [2.24, 2.45) is 5.14 Å². The van der Waals surface area contributed by atoms with E-state index < -0.39 is 10.0 Å². The normalized spacial score (nSPS) is 11.9. The Bertz CT molecular complexity index is 579. The standard InChI is InChI=1S/C13H22N2O4S2/c1-9(2)19-7-5-4-6-15-12(16)11-8-20-13(10(11)3)21(14,17)18/h8-9H,4-7H2,1-3H3,(H,15,16)(H2,14,17,18). The fourth-order valence-electron chi connectivity index (χ4n) is 1.75. The second-order valence-electron chi connectivity index (χ2n) is 4.99. The van der Waals surface area contributed by atoms with Crippen LogP contribution in [-0.2, 0) is 14.8 Å². The van der Waals surface area contributed by atoms with Gasteiger partial charge in [-0.1, -0.05) is 0 Å². The summed E-state index contributed by atoms with van der Waals surface area (Å²) >= 11 is 0.968. The van der Waals surface area contributed by atoms with Gasteiger partial charge in [-0.3, -0.25) is 4.79 Å². The summed E-state index contributed by atoms with van der Waals surface area (Å²) in [5.74, 6) is -0.275. The van der Waals surface area contributed by atoms with Gasteiger partial charge in [0.05, 0.1) is 11.7 Å². The van der Waals surface area contributed by atoms with E-state index in [2.05, 4.69) is 5.32 Å². The molecule has 0 radical (unpaired) electrons. The van der Waals surface area contributed by atoms with Crippen LogP contribution < -0.4 is 10.5 Å². The number of amides is 1. The lowest BCUT2D eigenvalue weighted by atomic mass is 10.2. The Morgan fingerprint density at radius 1 is 1.43 bits per heavy atom. The van der Waals surface area contributed by atoms with E-state index >= 15 is 0 Å². The van der Waals surface area contributed by atoms with Crippen molar-refractivity contribution in [3.05, 3.63) is 16.5 Å². The highest BCUT2D eigenvalue weighted by Gasteiger charge is 2.20. The van der Waals surface area contributed by atoms with Gasteiger partial charge in [0.1, 0.15) is 4.21 Å². The number of primary sulfonamides is 1. The summed E-state index contributed by atoms with van der Waals surface area (Å²) in [6.45, 7) is 6.73. The Hall–Kier alpha value is -0.960. The minimum atomic E-state index is -3.76. The van der Waals surface area contributed by atoms with E-state index in [1.807, 2.05) is 13.8 Å². The number of nitrogens with two attached hydrogens (primary N) is 1. The van der Waals surface area contributed by atoms with Gasteiger partial charge in [-0.15, -0.1) is 11.3 Å². The van der Waals surface area contributed by atoms with Crippen molar-refractivity contribution in [3.8, 4) is 0 Å². The Morgan fingerprint density at radius 2 is 2.10 bits per heavy atom. The number of carbonyl (C=O) groups excluding carboxylic acids is 1. The number of carbonyl (C=O) groups is 1. The van der Waals surface area contributed by atoms with Crippen LogP contribution in [0.15, 0.2) is 9.59 Å². The zero-order chi connectivity index (χ0) is 16.0. The average Bonchev–Trinajstić information content (AvgIpc) is 2.74. The largest absolute Gasteiger partial charge is 0.379 e. The van der Waals surface area contributed by atoms with E-state index in [1.54, 1.807) is 6.92 Å². The van der Waals surface area contributed by atoms with Gasteiger partial charge in [0.15, 0.2) is 0 Å². The molecular weight excluding hydrogens is 312 g/mol. The van der Waals surface area contributed by atoms with E-state index in [0.29, 0.717) is 24.3 Å². The predicted octanol–water partition coefficient (Wildman–Crippen LogP) is 1.64. The molecule has 0 saturated carbocycles. The molecular formula is C13H22N2O4S2. The maximum Gasteiger partial charge on any atom is 0.252 e. The molecule has 0 bridgehead atoms. The van der Waals surface area contributed by atoms with Crippen LogP contribution in [0.2, 0.25) is 0 Å². The van der Waals surface area contributed by atoms with Crippen molar-refractivity contribution in [2.75, 3.05) is 13.2 Å². The van der Waals surface area contributed by atoms with Crippen LogP contribution in [0.25, 0.3) is 0 Å². The summed E-state index contributed by atoms with van der Waals surface area (Å²) in [6.07, 6.45) is 1.89. The Labute approximate surface area is 129 Å². The third-order valence-corrected chi connectivity index (χ3v) is 5.49. The van der Waals surface area contributed by atoms with E-state index in [4.69, 9.17) is 9.88 Å². The molecule has 3 N–H and O–H groups in total. The first kappa shape index (κ1) is 18.1. The van der Waals surface area contributed by atoms with Crippen molar-refractivity contribution in [1.29, 1.82) is 0 Å².